The second-order valence-electron chi connectivity index (χ2n) is 23.8. The number of hydrogen-bond acceptors (Lipinski definition) is 4. The van der Waals surface area contributed by atoms with E-state index in [2.05, 4.69) is 263 Å². The maximum atomic E-state index is 4.30. The molecule has 0 radical (unpaired) electrons. The summed E-state index contributed by atoms with van der Waals surface area (Å²) < 4.78 is 0. The molecule has 1 aliphatic carbocycles. The zero-order valence-corrected chi connectivity index (χ0v) is 52.0. The highest BCUT2D eigenvalue weighted by Crippen LogP contribution is 2.52. The first-order valence-corrected chi connectivity index (χ1v) is 31.0. The predicted molar refractivity (Wildman–Crippen MR) is 382 cm³/mol. The number of benzene rings is 10. The van der Waals surface area contributed by atoms with E-state index in [4.69, 9.17) is 0 Å². The first-order valence-electron chi connectivity index (χ1n) is 31.0. The van der Waals surface area contributed by atoms with Crippen molar-refractivity contribution in [2.45, 2.75) is 53.4 Å². The molecule has 4 heteroatoms. The van der Waals surface area contributed by atoms with E-state index in [-0.39, 0.29) is 5.41 Å². The largest absolute Gasteiger partial charge is 0.265 e. The topological polar surface area (TPSA) is 51.6 Å². The summed E-state index contributed by atoms with van der Waals surface area (Å²) in [5, 5.41) is 9.98. The highest BCUT2D eigenvalue weighted by atomic mass is 14.6. The molecular formula is C86H70N4. The lowest BCUT2D eigenvalue weighted by Gasteiger charge is -2.23. The van der Waals surface area contributed by atoms with E-state index in [9.17, 15) is 0 Å². The summed E-state index contributed by atoms with van der Waals surface area (Å²) in [6.45, 7) is 21.3. The Balaban J connectivity index is 0.000000150. The molecule has 0 spiro atoms. The molecule has 0 saturated carbocycles. The van der Waals surface area contributed by atoms with Crippen LogP contribution in [0, 0.1) is 13.8 Å². The lowest BCUT2D eigenvalue weighted by Crippen LogP contribution is -2.26. The van der Waals surface area contributed by atoms with Gasteiger partial charge in [-0.2, -0.15) is 0 Å². The molecule has 14 aromatic rings. The summed E-state index contributed by atoms with van der Waals surface area (Å²) >= 11 is 0. The number of fused-ring (bicyclic) bond motifs is 3. The van der Waals surface area contributed by atoms with Gasteiger partial charge in [0.25, 0.3) is 0 Å². The molecule has 0 amide bonds. The molecule has 0 fully saturated rings. The van der Waals surface area contributed by atoms with Gasteiger partial charge >= 0.3 is 0 Å². The Hall–Kier alpha value is -10.9. The molecular weight excluding hydrogens is 1090 g/mol. The lowest BCUT2D eigenvalue weighted by atomic mass is 9.80. The first-order chi connectivity index (χ1) is 44.0. The van der Waals surface area contributed by atoms with Gasteiger partial charge in [0.1, 0.15) is 0 Å². The van der Waals surface area contributed by atoms with Crippen LogP contribution in [0.15, 0.2) is 281 Å². The number of rotatable bonds is 10. The average molecular weight is 1160 g/mol. The number of nitrogens with zero attached hydrogens (tertiary/aromatic N) is 4. The van der Waals surface area contributed by atoms with E-state index in [0.29, 0.717) is 0 Å². The van der Waals surface area contributed by atoms with Crippen molar-refractivity contribution in [1.29, 1.82) is 0 Å². The average Bonchev–Trinajstić information content (AvgIpc) is 1.34. The van der Waals surface area contributed by atoms with E-state index in [1.165, 1.54) is 149 Å². The Kier molecular flexibility index (Phi) is 16.2. The molecule has 4 nitrogen and oxygen atoms in total. The van der Waals surface area contributed by atoms with E-state index in [0.717, 1.165) is 22.4 Å². The van der Waals surface area contributed by atoms with Crippen LogP contribution in [-0.4, -0.2) is 19.9 Å². The number of hydrogen-bond donors (Lipinski definition) is 0. The van der Waals surface area contributed by atoms with Gasteiger partial charge in [-0.1, -0.05) is 210 Å². The summed E-state index contributed by atoms with van der Waals surface area (Å²) in [4.78, 5) is 16.6. The maximum Gasteiger partial charge on any atom is 0.0346 e. The van der Waals surface area contributed by atoms with Crippen LogP contribution in [0.3, 0.4) is 0 Å². The van der Waals surface area contributed by atoms with Crippen molar-refractivity contribution in [2.24, 2.45) is 0 Å². The van der Waals surface area contributed by atoms with Crippen molar-refractivity contribution >= 4 is 50.5 Å². The van der Waals surface area contributed by atoms with Gasteiger partial charge in [0, 0.05) is 55.0 Å². The van der Waals surface area contributed by atoms with Crippen LogP contribution < -0.4 is 10.4 Å². The van der Waals surface area contributed by atoms with Crippen LogP contribution in [0.5, 0.6) is 0 Å². The fourth-order valence-electron chi connectivity index (χ4n) is 13.3. The molecule has 0 unspecified atom stereocenters. The smallest absolute Gasteiger partial charge is 0.0346 e. The molecule has 434 valence electrons. The Morgan fingerprint density at radius 3 is 1.46 bits per heavy atom. The van der Waals surface area contributed by atoms with Gasteiger partial charge in [0.2, 0.25) is 0 Å². The third-order valence-electron chi connectivity index (χ3n) is 18.3. The van der Waals surface area contributed by atoms with E-state index in [1.54, 1.807) is 6.08 Å². The van der Waals surface area contributed by atoms with Gasteiger partial charge in [-0.3, -0.25) is 19.9 Å². The SMILES string of the molecule is C=C/C=c1/ccc(/C(=C\C)c2ccc(-c3ccncc3)cc2)c(C)c1=C.CC1(C)c2cc(-c3ccncc3)ccc2-c2ccc(-c3ccc4ccc5c(-c6ccc(-c7cccnc7)cc6)ccc6ccc3c4c65)cc21.CCc1ccc(-c2ccncc2)cc1C. The Labute approximate surface area is 528 Å². The summed E-state index contributed by atoms with van der Waals surface area (Å²) in [5.41, 5.74) is 27.6. The molecule has 10 aromatic carbocycles. The zero-order valence-electron chi connectivity index (χ0n) is 52.0. The fourth-order valence-corrected chi connectivity index (χ4v) is 13.3. The highest BCUT2D eigenvalue weighted by molar-refractivity contribution is 6.27. The van der Waals surface area contributed by atoms with E-state index >= 15 is 0 Å². The number of pyridine rings is 4. The second-order valence-corrected chi connectivity index (χ2v) is 23.8. The van der Waals surface area contributed by atoms with Crippen LogP contribution in [0.4, 0.5) is 0 Å². The fraction of sp³-hybridized carbons (Fsp3) is 0.0930. The van der Waals surface area contributed by atoms with Gasteiger partial charge in [0.05, 0.1) is 0 Å². The molecule has 4 aromatic heterocycles. The van der Waals surface area contributed by atoms with Crippen molar-refractivity contribution < 1.29 is 0 Å². The minimum absolute atomic E-state index is 0.116. The molecule has 0 atom stereocenters. The molecule has 1 aliphatic rings. The summed E-state index contributed by atoms with van der Waals surface area (Å²) in [6, 6.07) is 77.4. The molecule has 15 rings (SSSR count). The van der Waals surface area contributed by atoms with Gasteiger partial charge in [0.15, 0.2) is 0 Å². The Morgan fingerprint density at radius 1 is 0.444 bits per heavy atom. The summed E-state index contributed by atoms with van der Waals surface area (Å²) in [5.74, 6) is 0. The van der Waals surface area contributed by atoms with Crippen LogP contribution in [-0.2, 0) is 11.8 Å². The second kappa shape index (κ2) is 25.0. The quantitative estimate of drug-likeness (QED) is 0.128. The third kappa shape index (κ3) is 11.1. The number of aryl methyl sites for hydroxylation is 2. The van der Waals surface area contributed by atoms with Gasteiger partial charge in [-0.25, -0.2) is 0 Å². The van der Waals surface area contributed by atoms with Gasteiger partial charge in [-0.15, -0.1) is 0 Å². The van der Waals surface area contributed by atoms with Gasteiger partial charge in [-0.05, 0) is 247 Å². The minimum Gasteiger partial charge on any atom is -0.265 e. The standard InChI is InChI=1S/C47H32N2.C25H23N.C14H15N/c1-47(2)43-26-34(30-21-24-48-25-22-30)13-17-39(43)40-18-14-35(27-44(40)47)38-16-10-33-11-19-41-37(15-9-32-12-20-42(38)46(33)45(32)41)31-7-5-29(6-8-31)36-4-3-23-49-28-36;1-5-7-20-12-13-25(19(4)18(20)3)24(6-2)23-10-8-21(9-11-23)22-14-16-26-17-15-22;1-3-12-4-5-14(10-11(12)2)13-6-8-15-9-7-13/h3-28H,1-2H3;5-17H,1,3H2,2,4H3;4-10H,3H2,1-2H3/b;20-7-,24-6-;. The van der Waals surface area contributed by atoms with Crippen molar-refractivity contribution in [3.63, 3.8) is 0 Å². The third-order valence-corrected chi connectivity index (χ3v) is 18.3. The van der Waals surface area contributed by atoms with Crippen molar-refractivity contribution in [2.75, 3.05) is 0 Å². The predicted octanol–water partition coefficient (Wildman–Crippen LogP) is 20.9. The minimum atomic E-state index is -0.116. The monoisotopic (exact) mass is 1160 g/mol. The van der Waals surface area contributed by atoms with Crippen LogP contribution in [0.2, 0.25) is 0 Å². The number of aromatic nitrogens is 4. The zero-order chi connectivity index (χ0) is 61.9. The summed E-state index contributed by atoms with van der Waals surface area (Å²) in [7, 11) is 0. The van der Waals surface area contributed by atoms with Crippen molar-refractivity contribution in [3.8, 4) is 77.9 Å². The lowest BCUT2D eigenvalue weighted by molar-refractivity contribution is 0.661. The Bertz CT molecular complexity index is 5090. The molecule has 0 bridgehead atoms. The van der Waals surface area contributed by atoms with Crippen molar-refractivity contribution in [1.82, 2.24) is 19.9 Å². The van der Waals surface area contributed by atoms with E-state index < -0.39 is 0 Å². The van der Waals surface area contributed by atoms with Crippen LogP contribution in [0.1, 0.15) is 66.6 Å². The van der Waals surface area contributed by atoms with E-state index in [1.807, 2.05) is 86.0 Å². The van der Waals surface area contributed by atoms with Gasteiger partial charge < -0.3 is 0 Å². The highest BCUT2D eigenvalue weighted by Gasteiger charge is 2.36. The normalized spacial score (nSPS) is 12.5. The van der Waals surface area contributed by atoms with Crippen LogP contribution >= 0.6 is 0 Å². The Morgan fingerprint density at radius 2 is 0.911 bits per heavy atom. The van der Waals surface area contributed by atoms with Crippen LogP contribution in [0.25, 0.3) is 128 Å². The molecule has 0 N–H and O–H groups in total. The number of allylic oxidation sites excluding steroid dienone is 2. The molecule has 4 heterocycles. The molecule has 0 aliphatic heterocycles. The van der Waals surface area contributed by atoms with Crippen molar-refractivity contribution in [3.05, 3.63) is 330 Å². The molecule has 0 saturated heterocycles. The summed E-state index contributed by atoms with van der Waals surface area (Å²) in [6.07, 6.45) is 21.8. The first kappa shape index (κ1) is 58.1. The molecule has 90 heavy (non-hydrogen) atoms. The maximum absolute atomic E-state index is 4.30.